The SMILES string of the molecule is COC(=O)C(CO)Nc1ncncc1Cl. The van der Waals surface area contributed by atoms with Crippen molar-refractivity contribution in [2.75, 3.05) is 19.0 Å². The van der Waals surface area contributed by atoms with Gasteiger partial charge in [0, 0.05) is 0 Å². The maximum atomic E-state index is 11.1. The lowest BCUT2D eigenvalue weighted by atomic mass is 10.3. The number of aliphatic hydroxyl groups excluding tert-OH is 1. The number of ether oxygens (including phenoxy) is 1. The van der Waals surface area contributed by atoms with Crippen molar-refractivity contribution < 1.29 is 14.6 Å². The van der Waals surface area contributed by atoms with Crippen LogP contribution < -0.4 is 5.32 Å². The zero-order chi connectivity index (χ0) is 11.3. The van der Waals surface area contributed by atoms with Crippen LogP contribution in [0.3, 0.4) is 0 Å². The zero-order valence-corrected chi connectivity index (χ0v) is 8.73. The first-order chi connectivity index (χ1) is 7.19. The standard InChI is InChI=1S/C8H10ClN3O3/c1-15-8(14)6(3-13)12-7-5(9)2-10-4-11-7/h2,4,6,13H,3H2,1H3,(H,10,11,12). The summed E-state index contributed by atoms with van der Waals surface area (Å²) < 4.78 is 4.47. The van der Waals surface area contributed by atoms with Gasteiger partial charge >= 0.3 is 5.97 Å². The van der Waals surface area contributed by atoms with Crippen LogP contribution in [0.5, 0.6) is 0 Å². The molecule has 0 spiro atoms. The first-order valence-corrected chi connectivity index (χ1v) is 4.47. The average molecular weight is 232 g/mol. The van der Waals surface area contributed by atoms with Crippen LogP contribution in [0.2, 0.25) is 5.02 Å². The predicted molar refractivity (Wildman–Crippen MR) is 53.6 cm³/mol. The fourth-order valence-electron chi connectivity index (χ4n) is 0.905. The Balaban J connectivity index is 2.75. The maximum Gasteiger partial charge on any atom is 0.330 e. The fraction of sp³-hybridized carbons (Fsp3) is 0.375. The molecule has 15 heavy (non-hydrogen) atoms. The minimum absolute atomic E-state index is 0.264. The van der Waals surface area contributed by atoms with E-state index in [-0.39, 0.29) is 10.8 Å². The van der Waals surface area contributed by atoms with Gasteiger partial charge in [0.25, 0.3) is 0 Å². The van der Waals surface area contributed by atoms with Crippen LogP contribution in [-0.2, 0) is 9.53 Å². The maximum absolute atomic E-state index is 11.1. The van der Waals surface area contributed by atoms with E-state index >= 15 is 0 Å². The molecule has 0 fully saturated rings. The molecule has 1 heterocycles. The Kier molecular flexibility index (Phi) is 4.26. The molecule has 0 saturated heterocycles. The van der Waals surface area contributed by atoms with Gasteiger partial charge in [-0.2, -0.15) is 0 Å². The average Bonchev–Trinajstić information content (AvgIpc) is 2.27. The third-order valence-corrected chi connectivity index (χ3v) is 1.92. The lowest BCUT2D eigenvalue weighted by Gasteiger charge is -2.14. The van der Waals surface area contributed by atoms with Gasteiger partial charge in [-0.25, -0.2) is 14.8 Å². The van der Waals surface area contributed by atoms with Crippen molar-refractivity contribution in [3.05, 3.63) is 17.5 Å². The van der Waals surface area contributed by atoms with E-state index in [1.807, 2.05) is 0 Å². The van der Waals surface area contributed by atoms with Gasteiger partial charge in [-0.15, -0.1) is 0 Å². The number of esters is 1. The number of aliphatic hydroxyl groups is 1. The van der Waals surface area contributed by atoms with Crippen LogP contribution >= 0.6 is 11.6 Å². The lowest BCUT2D eigenvalue weighted by molar-refractivity contribution is -0.142. The number of halogens is 1. The smallest absolute Gasteiger partial charge is 0.330 e. The molecule has 1 rings (SSSR count). The Hall–Kier alpha value is -1.40. The molecule has 82 valence electrons. The topological polar surface area (TPSA) is 84.3 Å². The monoisotopic (exact) mass is 231 g/mol. The van der Waals surface area contributed by atoms with Crippen molar-refractivity contribution in [2.24, 2.45) is 0 Å². The molecule has 0 bridgehead atoms. The summed E-state index contributed by atoms with van der Waals surface area (Å²) in [6.45, 7) is -0.410. The van der Waals surface area contributed by atoms with E-state index in [2.05, 4.69) is 20.0 Å². The Bertz CT molecular complexity index is 348. The van der Waals surface area contributed by atoms with Crippen molar-refractivity contribution in [3.8, 4) is 0 Å². The predicted octanol–water partition coefficient (Wildman–Crippen LogP) is 0.0758. The molecule has 0 amide bonds. The van der Waals surface area contributed by atoms with Gasteiger partial charge in [0.2, 0.25) is 0 Å². The number of aromatic nitrogens is 2. The van der Waals surface area contributed by atoms with Gasteiger partial charge in [0.1, 0.15) is 23.2 Å². The highest BCUT2D eigenvalue weighted by Crippen LogP contribution is 2.16. The van der Waals surface area contributed by atoms with Crippen LogP contribution in [0, 0.1) is 0 Å². The molecule has 6 nitrogen and oxygen atoms in total. The minimum Gasteiger partial charge on any atom is -0.467 e. The van der Waals surface area contributed by atoms with Gasteiger partial charge in [-0.1, -0.05) is 11.6 Å². The van der Waals surface area contributed by atoms with Gasteiger partial charge in [-0.3, -0.25) is 0 Å². The van der Waals surface area contributed by atoms with Crippen LogP contribution in [0.15, 0.2) is 12.5 Å². The Morgan fingerprint density at radius 2 is 2.53 bits per heavy atom. The summed E-state index contributed by atoms with van der Waals surface area (Å²) in [6, 6.07) is -0.887. The third-order valence-electron chi connectivity index (χ3n) is 1.65. The molecule has 1 aromatic heterocycles. The number of carbonyl (C=O) groups excluding carboxylic acids is 1. The summed E-state index contributed by atoms with van der Waals surface area (Å²) in [5.41, 5.74) is 0. The van der Waals surface area contributed by atoms with E-state index < -0.39 is 18.6 Å². The summed E-state index contributed by atoms with van der Waals surface area (Å²) in [7, 11) is 1.23. The molecule has 0 saturated carbocycles. The Morgan fingerprint density at radius 1 is 1.80 bits per heavy atom. The molecule has 0 radical (unpaired) electrons. The highest BCUT2D eigenvalue weighted by atomic mass is 35.5. The number of hydrogen-bond donors (Lipinski definition) is 2. The number of methoxy groups -OCH3 is 1. The number of carbonyl (C=O) groups is 1. The van der Waals surface area contributed by atoms with Crippen molar-refractivity contribution in [1.82, 2.24) is 9.97 Å². The number of rotatable bonds is 4. The molecular formula is C8H10ClN3O3. The molecule has 7 heteroatoms. The zero-order valence-electron chi connectivity index (χ0n) is 7.98. The van der Waals surface area contributed by atoms with E-state index in [1.165, 1.54) is 19.6 Å². The quantitative estimate of drug-likeness (QED) is 0.714. The van der Waals surface area contributed by atoms with Crippen LogP contribution in [0.25, 0.3) is 0 Å². The number of hydrogen-bond acceptors (Lipinski definition) is 6. The number of anilines is 1. The summed E-state index contributed by atoms with van der Waals surface area (Å²) >= 11 is 5.75. The summed E-state index contributed by atoms with van der Waals surface area (Å²) in [6.07, 6.45) is 2.66. The van der Waals surface area contributed by atoms with Gasteiger partial charge in [0.15, 0.2) is 0 Å². The second-order valence-electron chi connectivity index (χ2n) is 2.62. The first kappa shape index (κ1) is 11.7. The molecule has 1 aromatic rings. The summed E-state index contributed by atoms with van der Waals surface area (Å²) in [5, 5.41) is 11.8. The second-order valence-corrected chi connectivity index (χ2v) is 3.03. The fourth-order valence-corrected chi connectivity index (χ4v) is 1.06. The molecule has 0 aliphatic rings. The highest BCUT2D eigenvalue weighted by molar-refractivity contribution is 6.32. The van der Waals surface area contributed by atoms with Gasteiger partial charge < -0.3 is 15.2 Å². The number of nitrogens with zero attached hydrogens (tertiary/aromatic N) is 2. The third kappa shape index (κ3) is 3.03. The molecular weight excluding hydrogens is 222 g/mol. The Morgan fingerprint density at radius 3 is 3.07 bits per heavy atom. The molecule has 0 aliphatic heterocycles. The highest BCUT2D eigenvalue weighted by Gasteiger charge is 2.19. The Labute approximate surface area is 91.3 Å². The first-order valence-electron chi connectivity index (χ1n) is 4.09. The molecule has 1 atom stereocenters. The van der Waals surface area contributed by atoms with Crippen molar-refractivity contribution in [1.29, 1.82) is 0 Å². The second kappa shape index (κ2) is 5.47. The van der Waals surface area contributed by atoms with E-state index in [1.54, 1.807) is 0 Å². The summed E-state index contributed by atoms with van der Waals surface area (Å²) in [5.74, 6) is -0.316. The van der Waals surface area contributed by atoms with E-state index in [4.69, 9.17) is 16.7 Å². The summed E-state index contributed by atoms with van der Waals surface area (Å²) in [4.78, 5) is 18.6. The van der Waals surface area contributed by atoms with E-state index in [0.29, 0.717) is 0 Å². The number of nitrogens with one attached hydrogen (secondary N) is 1. The van der Waals surface area contributed by atoms with Crippen LogP contribution in [0.1, 0.15) is 0 Å². The molecule has 0 aliphatic carbocycles. The van der Waals surface area contributed by atoms with Crippen molar-refractivity contribution >= 4 is 23.4 Å². The largest absolute Gasteiger partial charge is 0.467 e. The normalized spacial score (nSPS) is 11.9. The van der Waals surface area contributed by atoms with E-state index in [9.17, 15) is 4.79 Å². The lowest BCUT2D eigenvalue weighted by Crippen LogP contribution is -2.34. The van der Waals surface area contributed by atoms with Crippen LogP contribution in [0.4, 0.5) is 5.82 Å². The van der Waals surface area contributed by atoms with E-state index in [0.717, 1.165) is 0 Å². The molecule has 0 aromatic carbocycles. The van der Waals surface area contributed by atoms with Gasteiger partial charge in [0.05, 0.1) is 19.9 Å². The van der Waals surface area contributed by atoms with Gasteiger partial charge in [-0.05, 0) is 0 Å². The van der Waals surface area contributed by atoms with Crippen molar-refractivity contribution in [2.45, 2.75) is 6.04 Å². The molecule has 1 unspecified atom stereocenters. The molecule has 2 N–H and O–H groups in total. The minimum atomic E-state index is -0.887. The van der Waals surface area contributed by atoms with Crippen molar-refractivity contribution in [3.63, 3.8) is 0 Å². The van der Waals surface area contributed by atoms with Crippen LogP contribution in [-0.4, -0.2) is 40.8 Å².